The average molecular weight is 243 g/mol. The highest BCUT2D eigenvalue weighted by Gasteiger charge is 2.17. The minimum atomic E-state index is 0.416. The fraction of sp³-hybridized carbons (Fsp3) is 1.00. The van der Waals surface area contributed by atoms with Crippen LogP contribution in [0.3, 0.4) is 0 Å². The van der Waals surface area contributed by atoms with Gasteiger partial charge >= 0.3 is 0 Å². The highest BCUT2D eigenvalue weighted by molar-refractivity contribution is 4.67. The molecule has 0 aromatic rings. The van der Waals surface area contributed by atoms with E-state index in [1.165, 1.54) is 13.0 Å². The largest absolute Gasteiger partial charge is 0.375 e. The van der Waals surface area contributed by atoms with Crippen molar-refractivity contribution in [3.8, 4) is 0 Å². The molecular formula is C13H29N3O. The van der Waals surface area contributed by atoms with E-state index in [2.05, 4.69) is 36.1 Å². The lowest BCUT2D eigenvalue weighted by Gasteiger charge is -2.33. The predicted molar refractivity (Wildman–Crippen MR) is 72.0 cm³/mol. The number of ether oxygens (including phenoxy) is 1. The fourth-order valence-corrected chi connectivity index (χ4v) is 2.19. The Hall–Kier alpha value is -0.160. The number of morpholine rings is 1. The van der Waals surface area contributed by atoms with Gasteiger partial charge in [-0.3, -0.25) is 5.43 Å². The van der Waals surface area contributed by atoms with Gasteiger partial charge in [0, 0.05) is 19.6 Å². The summed E-state index contributed by atoms with van der Waals surface area (Å²) in [5.41, 5.74) is 3.52. The summed E-state index contributed by atoms with van der Waals surface area (Å²) in [4.78, 5) is 2.47. The first kappa shape index (κ1) is 14.9. The van der Waals surface area contributed by atoms with E-state index in [1.54, 1.807) is 0 Å². The second-order valence-corrected chi connectivity index (χ2v) is 4.64. The Morgan fingerprint density at radius 2 is 2.06 bits per heavy atom. The van der Waals surface area contributed by atoms with Crippen molar-refractivity contribution in [1.82, 2.24) is 15.3 Å². The Bertz CT molecular complexity index is 186. The van der Waals surface area contributed by atoms with Crippen LogP contribution in [0.5, 0.6) is 0 Å². The molecular weight excluding hydrogens is 214 g/mol. The Morgan fingerprint density at radius 3 is 2.71 bits per heavy atom. The molecule has 0 aromatic heterocycles. The van der Waals surface area contributed by atoms with Crippen molar-refractivity contribution >= 4 is 0 Å². The third-order valence-electron chi connectivity index (χ3n) is 3.48. The van der Waals surface area contributed by atoms with E-state index in [-0.39, 0.29) is 0 Å². The summed E-state index contributed by atoms with van der Waals surface area (Å²) in [6, 6.07) is 0. The van der Waals surface area contributed by atoms with Gasteiger partial charge in [-0.05, 0) is 32.5 Å². The summed E-state index contributed by atoms with van der Waals surface area (Å²) in [5.74, 6) is 0. The molecule has 1 fully saturated rings. The van der Waals surface area contributed by atoms with Gasteiger partial charge in [-0.2, -0.15) is 0 Å². The van der Waals surface area contributed by atoms with E-state index < -0.39 is 0 Å². The second-order valence-electron chi connectivity index (χ2n) is 4.64. The smallest absolute Gasteiger partial charge is 0.0714 e. The lowest BCUT2D eigenvalue weighted by atomic mass is 10.2. The molecule has 0 aliphatic carbocycles. The van der Waals surface area contributed by atoms with Crippen LogP contribution in [0.1, 0.15) is 33.6 Å². The van der Waals surface area contributed by atoms with Gasteiger partial charge in [0.25, 0.3) is 0 Å². The minimum Gasteiger partial charge on any atom is -0.375 e. The van der Waals surface area contributed by atoms with Crippen LogP contribution in [0.4, 0.5) is 0 Å². The zero-order valence-corrected chi connectivity index (χ0v) is 11.7. The Morgan fingerprint density at radius 1 is 1.29 bits per heavy atom. The molecule has 1 heterocycles. The zero-order chi connectivity index (χ0) is 12.5. The Balaban J connectivity index is 2.05. The molecule has 0 aromatic carbocycles. The Kier molecular flexibility index (Phi) is 7.77. The first-order valence-corrected chi connectivity index (χ1v) is 7.12. The Labute approximate surface area is 106 Å². The maximum absolute atomic E-state index is 5.65. The first-order valence-electron chi connectivity index (χ1n) is 7.12. The van der Waals surface area contributed by atoms with Gasteiger partial charge in [0.2, 0.25) is 0 Å². The first-order chi connectivity index (χ1) is 8.30. The molecule has 4 heteroatoms. The average Bonchev–Trinajstić information content (AvgIpc) is 2.39. The molecule has 1 unspecified atom stereocenters. The summed E-state index contributed by atoms with van der Waals surface area (Å²) >= 11 is 0. The van der Waals surface area contributed by atoms with E-state index in [0.717, 1.165) is 45.8 Å². The number of hydrazine groups is 1. The minimum absolute atomic E-state index is 0.416. The molecule has 0 amide bonds. The maximum atomic E-state index is 5.65. The van der Waals surface area contributed by atoms with Gasteiger partial charge in [-0.15, -0.1) is 0 Å². The number of hydrogen-bond acceptors (Lipinski definition) is 4. The molecule has 1 atom stereocenters. The van der Waals surface area contributed by atoms with Gasteiger partial charge < -0.3 is 9.64 Å². The summed E-state index contributed by atoms with van der Waals surface area (Å²) in [6.07, 6.45) is 2.74. The molecule has 0 spiro atoms. The van der Waals surface area contributed by atoms with E-state index in [1.807, 2.05) is 0 Å². The van der Waals surface area contributed by atoms with Crippen molar-refractivity contribution in [2.75, 3.05) is 45.9 Å². The summed E-state index contributed by atoms with van der Waals surface area (Å²) in [7, 11) is 0. The monoisotopic (exact) mass is 243 g/mol. The van der Waals surface area contributed by atoms with Crippen molar-refractivity contribution < 1.29 is 4.74 Å². The maximum Gasteiger partial charge on any atom is 0.0714 e. The lowest BCUT2D eigenvalue weighted by molar-refractivity contribution is -0.0483. The molecule has 1 aliphatic heterocycles. The van der Waals surface area contributed by atoms with E-state index in [0.29, 0.717) is 6.10 Å². The van der Waals surface area contributed by atoms with E-state index >= 15 is 0 Å². The third kappa shape index (κ3) is 5.82. The summed E-state index contributed by atoms with van der Waals surface area (Å²) in [6.45, 7) is 14.1. The number of hydrogen-bond donors (Lipinski definition) is 1. The highest BCUT2D eigenvalue weighted by Crippen LogP contribution is 2.05. The lowest BCUT2D eigenvalue weighted by Crippen LogP contribution is -2.49. The van der Waals surface area contributed by atoms with Gasteiger partial charge in [0.1, 0.15) is 0 Å². The van der Waals surface area contributed by atoms with Crippen LogP contribution in [-0.4, -0.2) is 61.9 Å². The second kappa shape index (κ2) is 8.86. The van der Waals surface area contributed by atoms with Crippen LogP contribution in [0.25, 0.3) is 0 Å². The van der Waals surface area contributed by atoms with Gasteiger partial charge in [0.15, 0.2) is 0 Å². The fourth-order valence-electron chi connectivity index (χ4n) is 2.19. The molecule has 1 N–H and O–H groups in total. The molecule has 1 saturated heterocycles. The van der Waals surface area contributed by atoms with Crippen molar-refractivity contribution in [3.63, 3.8) is 0 Å². The van der Waals surface area contributed by atoms with Crippen LogP contribution in [0, 0.1) is 0 Å². The normalized spacial score (nSPS) is 22.2. The zero-order valence-electron chi connectivity index (χ0n) is 11.7. The standard InChI is InChI=1S/C13H29N3O/c1-4-13-12-16(10-11-17-13)14-8-7-9-15(5-2)6-3/h13-14H,4-12H2,1-3H3. The van der Waals surface area contributed by atoms with Crippen LogP contribution >= 0.6 is 0 Å². The van der Waals surface area contributed by atoms with E-state index in [9.17, 15) is 0 Å². The third-order valence-corrected chi connectivity index (χ3v) is 3.48. The van der Waals surface area contributed by atoms with Crippen LogP contribution in [0.15, 0.2) is 0 Å². The topological polar surface area (TPSA) is 27.7 Å². The number of nitrogens with one attached hydrogen (secondary N) is 1. The van der Waals surface area contributed by atoms with Crippen molar-refractivity contribution in [3.05, 3.63) is 0 Å². The van der Waals surface area contributed by atoms with Crippen LogP contribution in [-0.2, 0) is 4.74 Å². The number of rotatable bonds is 8. The summed E-state index contributed by atoms with van der Waals surface area (Å²) in [5, 5.41) is 2.32. The van der Waals surface area contributed by atoms with Gasteiger partial charge in [-0.1, -0.05) is 20.8 Å². The highest BCUT2D eigenvalue weighted by atomic mass is 16.5. The van der Waals surface area contributed by atoms with Gasteiger partial charge in [0.05, 0.1) is 12.7 Å². The SMILES string of the molecule is CCC1CN(NCCCN(CC)CC)CCO1. The molecule has 0 saturated carbocycles. The quantitative estimate of drug-likeness (QED) is 0.651. The van der Waals surface area contributed by atoms with Crippen molar-refractivity contribution in [2.24, 2.45) is 0 Å². The number of nitrogens with zero attached hydrogens (tertiary/aromatic N) is 2. The molecule has 0 radical (unpaired) electrons. The molecule has 1 aliphatic rings. The molecule has 0 bridgehead atoms. The van der Waals surface area contributed by atoms with E-state index in [4.69, 9.17) is 4.74 Å². The van der Waals surface area contributed by atoms with Gasteiger partial charge in [-0.25, -0.2) is 5.01 Å². The summed E-state index contributed by atoms with van der Waals surface area (Å²) < 4.78 is 5.65. The predicted octanol–water partition coefficient (Wildman–Crippen LogP) is 1.33. The van der Waals surface area contributed by atoms with Crippen molar-refractivity contribution in [1.29, 1.82) is 0 Å². The van der Waals surface area contributed by atoms with Crippen molar-refractivity contribution in [2.45, 2.75) is 39.7 Å². The molecule has 17 heavy (non-hydrogen) atoms. The molecule has 1 rings (SSSR count). The van der Waals surface area contributed by atoms with Crippen LogP contribution < -0.4 is 5.43 Å². The molecule has 102 valence electrons. The molecule has 4 nitrogen and oxygen atoms in total. The van der Waals surface area contributed by atoms with Crippen LogP contribution in [0.2, 0.25) is 0 Å².